The number of anilines is 3. The van der Waals surface area contributed by atoms with E-state index in [4.69, 9.17) is 17.4 Å². The van der Waals surface area contributed by atoms with Gasteiger partial charge in [0.05, 0.1) is 5.69 Å². The third kappa shape index (κ3) is 3.74. The van der Waals surface area contributed by atoms with Crippen LogP contribution in [0.15, 0.2) is 78.9 Å². The van der Waals surface area contributed by atoms with Gasteiger partial charge in [0.25, 0.3) is 5.91 Å². The monoisotopic (exact) mass is 337 g/mol. The molecular weight excluding hydrogens is 322 g/mol. The molecule has 0 aliphatic carbocycles. The van der Waals surface area contributed by atoms with Crippen molar-refractivity contribution in [3.8, 4) is 0 Å². The minimum absolute atomic E-state index is 0.256. The summed E-state index contributed by atoms with van der Waals surface area (Å²) < 4.78 is 0. The summed E-state index contributed by atoms with van der Waals surface area (Å²) in [5.41, 5.74) is 2.98. The summed E-state index contributed by atoms with van der Waals surface area (Å²) in [6.45, 7) is 0. The lowest BCUT2D eigenvalue weighted by Gasteiger charge is -2.17. The third-order valence-electron chi connectivity index (χ3n) is 3.52. The van der Waals surface area contributed by atoms with E-state index < -0.39 is 0 Å². The molecule has 0 saturated heterocycles. The standard InChI is InChI=1S/C19H16ClN3O/c20-15-6-8-16(9-7-15)22-17-10-12-18(13-11-17)23(21)19(24)14-4-2-1-3-5-14/h1-13,22H,21H2. The van der Waals surface area contributed by atoms with Crippen LogP contribution in [0.25, 0.3) is 0 Å². The fourth-order valence-corrected chi connectivity index (χ4v) is 2.37. The van der Waals surface area contributed by atoms with Gasteiger partial charge in [-0.2, -0.15) is 0 Å². The van der Waals surface area contributed by atoms with Gasteiger partial charge in [0.1, 0.15) is 0 Å². The first-order chi connectivity index (χ1) is 11.6. The van der Waals surface area contributed by atoms with Gasteiger partial charge in [-0.3, -0.25) is 4.79 Å². The Morgan fingerprint density at radius 2 is 1.38 bits per heavy atom. The number of hydrazine groups is 1. The van der Waals surface area contributed by atoms with Crippen molar-refractivity contribution in [2.24, 2.45) is 5.84 Å². The molecule has 3 aromatic rings. The summed E-state index contributed by atoms with van der Waals surface area (Å²) in [7, 11) is 0. The van der Waals surface area contributed by atoms with Gasteiger partial charge in [-0.05, 0) is 60.7 Å². The van der Waals surface area contributed by atoms with Crippen LogP contribution in [-0.4, -0.2) is 5.91 Å². The van der Waals surface area contributed by atoms with Gasteiger partial charge in [0.2, 0.25) is 0 Å². The van der Waals surface area contributed by atoms with Crippen LogP contribution in [-0.2, 0) is 0 Å². The Kier molecular flexibility index (Phi) is 4.79. The van der Waals surface area contributed by atoms with Crippen molar-refractivity contribution in [2.45, 2.75) is 0 Å². The van der Waals surface area contributed by atoms with Gasteiger partial charge in [-0.15, -0.1) is 0 Å². The van der Waals surface area contributed by atoms with Crippen molar-refractivity contribution in [1.82, 2.24) is 0 Å². The Bertz CT molecular complexity index is 817. The molecule has 3 N–H and O–H groups in total. The Hall–Kier alpha value is -2.82. The van der Waals surface area contributed by atoms with Crippen LogP contribution in [0.3, 0.4) is 0 Å². The minimum Gasteiger partial charge on any atom is -0.356 e. The Balaban J connectivity index is 1.72. The first kappa shape index (κ1) is 16.1. The van der Waals surface area contributed by atoms with Gasteiger partial charge in [-0.25, -0.2) is 10.9 Å². The molecular formula is C19H16ClN3O. The number of nitrogens with one attached hydrogen (secondary N) is 1. The maximum Gasteiger partial charge on any atom is 0.272 e. The fourth-order valence-electron chi connectivity index (χ4n) is 2.24. The van der Waals surface area contributed by atoms with E-state index >= 15 is 0 Å². The molecule has 3 aromatic carbocycles. The highest BCUT2D eigenvalue weighted by molar-refractivity contribution is 6.30. The molecule has 0 aliphatic rings. The van der Waals surface area contributed by atoms with Crippen molar-refractivity contribution in [3.05, 3.63) is 89.4 Å². The average Bonchev–Trinajstić information content (AvgIpc) is 2.64. The van der Waals surface area contributed by atoms with Crippen LogP contribution in [0.1, 0.15) is 10.4 Å². The summed E-state index contributed by atoms with van der Waals surface area (Å²) in [6, 6.07) is 23.7. The van der Waals surface area contributed by atoms with Crippen LogP contribution in [0, 0.1) is 0 Å². The Morgan fingerprint density at radius 1 is 0.833 bits per heavy atom. The molecule has 0 bridgehead atoms. The second-order valence-electron chi connectivity index (χ2n) is 5.22. The number of hydrogen-bond donors (Lipinski definition) is 2. The third-order valence-corrected chi connectivity index (χ3v) is 3.77. The summed E-state index contributed by atoms with van der Waals surface area (Å²) in [4.78, 5) is 12.3. The zero-order valence-electron chi connectivity index (χ0n) is 12.8. The Labute approximate surface area is 145 Å². The number of nitrogens with two attached hydrogens (primary N) is 1. The lowest BCUT2D eigenvalue weighted by molar-refractivity contribution is 0.0987. The van der Waals surface area contributed by atoms with E-state index in [0.29, 0.717) is 16.3 Å². The lowest BCUT2D eigenvalue weighted by Crippen LogP contribution is -2.37. The quantitative estimate of drug-likeness (QED) is 0.415. The maximum atomic E-state index is 12.3. The van der Waals surface area contributed by atoms with Gasteiger partial charge >= 0.3 is 0 Å². The molecule has 4 nitrogen and oxygen atoms in total. The van der Waals surface area contributed by atoms with Crippen molar-refractivity contribution < 1.29 is 4.79 Å². The maximum absolute atomic E-state index is 12.3. The molecule has 0 radical (unpaired) electrons. The molecule has 0 aromatic heterocycles. The van der Waals surface area contributed by atoms with E-state index in [1.54, 1.807) is 36.4 Å². The van der Waals surface area contributed by atoms with E-state index in [2.05, 4.69) is 5.32 Å². The van der Waals surface area contributed by atoms with E-state index in [1.165, 1.54) is 0 Å². The van der Waals surface area contributed by atoms with Crippen molar-refractivity contribution in [2.75, 3.05) is 10.3 Å². The van der Waals surface area contributed by atoms with Crippen LogP contribution < -0.4 is 16.2 Å². The fraction of sp³-hybridized carbons (Fsp3) is 0. The number of carbonyl (C=O) groups is 1. The molecule has 24 heavy (non-hydrogen) atoms. The molecule has 3 rings (SSSR count). The molecule has 0 fully saturated rings. The second-order valence-corrected chi connectivity index (χ2v) is 5.66. The molecule has 0 atom stereocenters. The van der Waals surface area contributed by atoms with Crippen LogP contribution in [0.5, 0.6) is 0 Å². The molecule has 0 saturated carbocycles. The SMILES string of the molecule is NN(C(=O)c1ccccc1)c1ccc(Nc2ccc(Cl)cc2)cc1. The normalized spacial score (nSPS) is 10.2. The highest BCUT2D eigenvalue weighted by Crippen LogP contribution is 2.22. The number of amides is 1. The van der Waals surface area contributed by atoms with E-state index in [1.807, 2.05) is 42.5 Å². The zero-order valence-corrected chi connectivity index (χ0v) is 13.6. The molecule has 5 heteroatoms. The van der Waals surface area contributed by atoms with Gasteiger partial charge < -0.3 is 5.32 Å². The van der Waals surface area contributed by atoms with Crippen molar-refractivity contribution in [1.29, 1.82) is 0 Å². The highest BCUT2D eigenvalue weighted by atomic mass is 35.5. The van der Waals surface area contributed by atoms with Gasteiger partial charge in [-0.1, -0.05) is 29.8 Å². The van der Waals surface area contributed by atoms with Crippen LogP contribution in [0.2, 0.25) is 5.02 Å². The number of nitrogens with zero attached hydrogens (tertiary/aromatic N) is 1. The van der Waals surface area contributed by atoms with E-state index in [-0.39, 0.29) is 5.91 Å². The molecule has 0 spiro atoms. The molecule has 0 unspecified atom stereocenters. The minimum atomic E-state index is -0.256. The Morgan fingerprint density at radius 3 is 1.96 bits per heavy atom. The van der Waals surface area contributed by atoms with Crippen LogP contribution >= 0.6 is 11.6 Å². The smallest absolute Gasteiger partial charge is 0.272 e. The number of halogens is 1. The topological polar surface area (TPSA) is 58.4 Å². The number of hydrogen-bond acceptors (Lipinski definition) is 3. The van der Waals surface area contributed by atoms with Crippen molar-refractivity contribution in [3.63, 3.8) is 0 Å². The number of rotatable bonds is 4. The average molecular weight is 338 g/mol. The first-order valence-corrected chi connectivity index (χ1v) is 7.78. The van der Waals surface area contributed by atoms with Crippen LogP contribution in [0.4, 0.5) is 17.1 Å². The van der Waals surface area contributed by atoms with E-state index in [9.17, 15) is 4.79 Å². The highest BCUT2D eigenvalue weighted by Gasteiger charge is 2.13. The first-order valence-electron chi connectivity index (χ1n) is 7.40. The molecule has 0 heterocycles. The molecule has 0 aliphatic heterocycles. The largest absolute Gasteiger partial charge is 0.356 e. The molecule has 1 amide bonds. The summed E-state index contributed by atoms with van der Waals surface area (Å²) in [5, 5.41) is 5.08. The zero-order chi connectivity index (χ0) is 16.9. The van der Waals surface area contributed by atoms with Gasteiger partial charge in [0.15, 0.2) is 0 Å². The second kappa shape index (κ2) is 7.17. The summed E-state index contributed by atoms with van der Waals surface area (Å²) in [5.74, 6) is 5.68. The summed E-state index contributed by atoms with van der Waals surface area (Å²) >= 11 is 5.87. The lowest BCUT2D eigenvalue weighted by atomic mass is 10.2. The van der Waals surface area contributed by atoms with Crippen molar-refractivity contribution >= 4 is 34.6 Å². The summed E-state index contributed by atoms with van der Waals surface area (Å²) in [6.07, 6.45) is 0. The molecule has 120 valence electrons. The van der Waals surface area contributed by atoms with Gasteiger partial charge in [0, 0.05) is 22.0 Å². The number of carbonyl (C=O) groups excluding carboxylic acids is 1. The van der Waals surface area contributed by atoms with E-state index in [0.717, 1.165) is 16.4 Å². The predicted octanol–water partition coefficient (Wildman–Crippen LogP) is 4.60. The number of benzene rings is 3. The predicted molar refractivity (Wildman–Crippen MR) is 98.6 cm³/mol.